The molecule has 3 N–H and O–H groups in total. The number of aliphatic carboxylic acids is 1. The third-order valence-corrected chi connectivity index (χ3v) is 2.25. The maximum absolute atomic E-state index is 11.0. The van der Waals surface area contributed by atoms with Crippen LogP contribution in [0.15, 0.2) is 0 Å². The number of carbonyl (C=O) groups excluding carboxylic acids is 1. The normalized spacial score (nSPS) is 14.5. The largest absolute Gasteiger partial charge is 0.480 e. The molecule has 0 aliphatic heterocycles. The minimum Gasteiger partial charge on any atom is -0.480 e. The van der Waals surface area contributed by atoms with Gasteiger partial charge in [-0.3, -0.25) is 4.79 Å². The lowest BCUT2D eigenvalue weighted by atomic mass is 10.2. The third-order valence-electron chi connectivity index (χ3n) is 1.60. The van der Waals surface area contributed by atoms with E-state index in [9.17, 15) is 9.59 Å². The first-order chi connectivity index (χ1) is 6.49. The highest BCUT2D eigenvalue weighted by atomic mass is 32.2. The lowest BCUT2D eigenvalue weighted by molar-refractivity contribution is -0.143. The Morgan fingerprint density at radius 3 is 2.43 bits per heavy atom. The number of hydrogen-bond donors (Lipinski definition) is 3. The summed E-state index contributed by atoms with van der Waals surface area (Å²) in [7, 11) is 0. The molecule has 0 aromatic rings. The van der Waals surface area contributed by atoms with E-state index in [4.69, 9.17) is 10.2 Å². The van der Waals surface area contributed by atoms with Gasteiger partial charge >= 0.3 is 5.97 Å². The van der Waals surface area contributed by atoms with Crippen LogP contribution < -0.4 is 5.32 Å². The molecule has 0 aliphatic rings. The van der Waals surface area contributed by atoms with Crippen molar-refractivity contribution in [3.63, 3.8) is 0 Å². The molecule has 0 unspecified atom stereocenters. The summed E-state index contributed by atoms with van der Waals surface area (Å²) in [4.78, 5) is 21.6. The van der Waals surface area contributed by atoms with Crippen LogP contribution >= 0.6 is 11.8 Å². The number of rotatable bonds is 6. The van der Waals surface area contributed by atoms with Gasteiger partial charge in [0.15, 0.2) is 0 Å². The fraction of sp³-hybridized carbons (Fsp3) is 0.750. The van der Waals surface area contributed by atoms with Crippen LogP contribution in [0.25, 0.3) is 0 Å². The minimum atomic E-state index is -1.17. The number of carboxylic acid groups (broad SMARTS) is 1. The number of carboxylic acids is 1. The van der Waals surface area contributed by atoms with Crippen molar-refractivity contribution in [2.45, 2.75) is 25.5 Å². The fourth-order valence-electron chi connectivity index (χ4n) is 0.785. The Bertz CT molecular complexity index is 208. The van der Waals surface area contributed by atoms with Gasteiger partial charge in [0.05, 0.1) is 0 Å². The van der Waals surface area contributed by atoms with Crippen LogP contribution in [-0.4, -0.2) is 46.2 Å². The second-order valence-corrected chi connectivity index (χ2v) is 3.84. The SMILES string of the molecule is CSCC[C@H](NC(=O)[C@H](C)O)C(=O)O. The zero-order chi connectivity index (χ0) is 11.1. The topological polar surface area (TPSA) is 86.6 Å². The van der Waals surface area contributed by atoms with Gasteiger partial charge in [-0.1, -0.05) is 0 Å². The summed E-state index contributed by atoms with van der Waals surface area (Å²) >= 11 is 1.51. The first-order valence-electron chi connectivity index (χ1n) is 4.19. The van der Waals surface area contributed by atoms with Crippen LogP contribution in [0.3, 0.4) is 0 Å². The summed E-state index contributed by atoms with van der Waals surface area (Å²) in [5.41, 5.74) is 0. The Labute approximate surface area is 86.9 Å². The number of hydrogen-bond acceptors (Lipinski definition) is 4. The molecule has 82 valence electrons. The van der Waals surface area contributed by atoms with Crippen molar-refractivity contribution >= 4 is 23.6 Å². The van der Waals surface area contributed by atoms with Gasteiger partial charge in [0, 0.05) is 0 Å². The molecular weight excluding hydrogens is 206 g/mol. The predicted octanol–water partition coefficient (Wildman–Crippen LogP) is -0.310. The van der Waals surface area contributed by atoms with Gasteiger partial charge in [-0.2, -0.15) is 11.8 Å². The number of carbonyl (C=O) groups is 2. The van der Waals surface area contributed by atoms with Crippen molar-refractivity contribution in [3.8, 4) is 0 Å². The monoisotopic (exact) mass is 221 g/mol. The molecule has 2 atom stereocenters. The van der Waals surface area contributed by atoms with Crippen molar-refractivity contribution in [2.75, 3.05) is 12.0 Å². The zero-order valence-electron chi connectivity index (χ0n) is 8.19. The molecular formula is C8H15NO4S. The van der Waals surface area contributed by atoms with E-state index in [-0.39, 0.29) is 0 Å². The zero-order valence-corrected chi connectivity index (χ0v) is 9.00. The van der Waals surface area contributed by atoms with Gasteiger partial charge < -0.3 is 15.5 Å². The first kappa shape index (κ1) is 13.2. The molecule has 0 aromatic heterocycles. The third kappa shape index (κ3) is 5.08. The van der Waals surface area contributed by atoms with Gasteiger partial charge in [0.2, 0.25) is 5.91 Å². The molecule has 0 aliphatic carbocycles. The number of thioether (sulfide) groups is 1. The highest BCUT2D eigenvalue weighted by molar-refractivity contribution is 7.98. The standard InChI is InChI=1S/C8H15NO4S/c1-5(10)7(11)9-6(8(12)13)3-4-14-2/h5-6,10H,3-4H2,1-2H3,(H,9,11)(H,12,13)/t5-,6-/m0/s1. The molecule has 0 fully saturated rings. The molecule has 0 saturated carbocycles. The van der Waals surface area contributed by atoms with Gasteiger partial charge in [-0.05, 0) is 25.4 Å². The van der Waals surface area contributed by atoms with Crippen LogP contribution in [0, 0.1) is 0 Å². The van der Waals surface area contributed by atoms with Crippen molar-refractivity contribution < 1.29 is 19.8 Å². The summed E-state index contributed by atoms with van der Waals surface area (Å²) in [6.07, 6.45) is 1.04. The van der Waals surface area contributed by atoms with E-state index in [1.165, 1.54) is 18.7 Å². The molecule has 0 radical (unpaired) electrons. The van der Waals surface area contributed by atoms with Crippen molar-refractivity contribution in [1.82, 2.24) is 5.32 Å². The highest BCUT2D eigenvalue weighted by Crippen LogP contribution is 2.01. The van der Waals surface area contributed by atoms with E-state index in [1.54, 1.807) is 0 Å². The molecule has 1 amide bonds. The summed E-state index contributed by atoms with van der Waals surface area (Å²) in [5, 5.41) is 19.8. The fourth-order valence-corrected chi connectivity index (χ4v) is 1.26. The van der Waals surface area contributed by atoms with E-state index in [1.807, 2.05) is 6.26 Å². The molecule has 6 heteroatoms. The second kappa shape index (κ2) is 6.67. The molecule has 0 saturated heterocycles. The Balaban J connectivity index is 4.09. The first-order valence-corrected chi connectivity index (χ1v) is 5.58. The highest BCUT2D eigenvalue weighted by Gasteiger charge is 2.21. The molecule has 0 bridgehead atoms. The van der Waals surface area contributed by atoms with Crippen molar-refractivity contribution in [3.05, 3.63) is 0 Å². The van der Waals surface area contributed by atoms with Crippen LogP contribution in [0.5, 0.6) is 0 Å². The number of amides is 1. The Morgan fingerprint density at radius 2 is 2.07 bits per heavy atom. The van der Waals surface area contributed by atoms with E-state index in [0.29, 0.717) is 12.2 Å². The van der Waals surface area contributed by atoms with Crippen LogP contribution in [0.1, 0.15) is 13.3 Å². The average molecular weight is 221 g/mol. The molecule has 0 spiro atoms. The Hall–Kier alpha value is -0.750. The molecule has 14 heavy (non-hydrogen) atoms. The maximum Gasteiger partial charge on any atom is 0.326 e. The minimum absolute atomic E-state index is 0.356. The Morgan fingerprint density at radius 1 is 1.50 bits per heavy atom. The van der Waals surface area contributed by atoms with E-state index < -0.39 is 24.0 Å². The lowest BCUT2D eigenvalue weighted by Gasteiger charge is -2.14. The summed E-state index contributed by atoms with van der Waals surface area (Å²) < 4.78 is 0. The molecule has 0 heterocycles. The summed E-state index contributed by atoms with van der Waals surface area (Å²) in [6, 6.07) is -0.912. The molecule has 5 nitrogen and oxygen atoms in total. The van der Waals surface area contributed by atoms with E-state index >= 15 is 0 Å². The summed E-state index contributed by atoms with van der Waals surface area (Å²) in [5.74, 6) is -1.08. The number of aliphatic hydroxyl groups is 1. The van der Waals surface area contributed by atoms with Crippen molar-refractivity contribution in [1.29, 1.82) is 0 Å². The van der Waals surface area contributed by atoms with E-state index in [0.717, 1.165) is 0 Å². The van der Waals surface area contributed by atoms with Gasteiger partial charge in [0.1, 0.15) is 12.1 Å². The summed E-state index contributed by atoms with van der Waals surface area (Å²) in [6.45, 7) is 1.29. The van der Waals surface area contributed by atoms with Crippen LogP contribution in [-0.2, 0) is 9.59 Å². The van der Waals surface area contributed by atoms with Crippen molar-refractivity contribution in [2.24, 2.45) is 0 Å². The smallest absolute Gasteiger partial charge is 0.326 e. The van der Waals surface area contributed by atoms with E-state index in [2.05, 4.69) is 5.32 Å². The van der Waals surface area contributed by atoms with Crippen LogP contribution in [0.2, 0.25) is 0 Å². The average Bonchev–Trinajstić information content (AvgIpc) is 2.10. The number of aliphatic hydroxyl groups excluding tert-OH is 1. The molecule has 0 rings (SSSR count). The quantitative estimate of drug-likeness (QED) is 0.572. The predicted molar refractivity (Wildman–Crippen MR) is 54.2 cm³/mol. The van der Waals surface area contributed by atoms with Gasteiger partial charge in [-0.15, -0.1) is 0 Å². The number of nitrogens with one attached hydrogen (secondary N) is 1. The van der Waals surface area contributed by atoms with Gasteiger partial charge in [0.25, 0.3) is 0 Å². The Kier molecular flexibility index (Phi) is 6.31. The van der Waals surface area contributed by atoms with Crippen LogP contribution in [0.4, 0.5) is 0 Å². The van der Waals surface area contributed by atoms with Gasteiger partial charge in [-0.25, -0.2) is 4.79 Å². The molecule has 0 aromatic carbocycles. The second-order valence-electron chi connectivity index (χ2n) is 2.86. The maximum atomic E-state index is 11.0. The lowest BCUT2D eigenvalue weighted by Crippen LogP contribution is -2.45.